The summed E-state index contributed by atoms with van der Waals surface area (Å²) in [5.74, 6) is 0.230. The topological polar surface area (TPSA) is 68.8 Å². The summed E-state index contributed by atoms with van der Waals surface area (Å²) in [4.78, 5) is 18.2. The zero-order valence-corrected chi connectivity index (χ0v) is 12.9. The molecule has 1 fully saturated rings. The van der Waals surface area contributed by atoms with Gasteiger partial charge in [-0.15, -0.1) is 0 Å². The fourth-order valence-electron chi connectivity index (χ4n) is 2.93. The van der Waals surface area contributed by atoms with Gasteiger partial charge in [-0.3, -0.25) is 14.2 Å². The van der Waals surface area contributed by atoms with Crippen LogP contribution < -0.4 is 0 Å². The van der Waals surface area contributed by atoms with Crippen molar-refractivity contribution in [1.82, 2.24) is 29.4 Å². The van der Waals surface area contributed by atoms with Crippen LogP contribution in [0, 0.1) is 6.92 Å². The van der Waals surface area contributed by atoms with E-state index in [9.17, 15) is 4.79 Å². The lowest BCUT2D eigenvalue weighted by molar-refractivity contribution is -0.133. The molecule has 2 aromatic rings. The highest BCUT2D eigenvalue weighted by atomic mass is 16.2. The number of aromatic nitrogens is 5. The number of likely N-dealkylation sites (tertiary alicyclic amines) is 1. The molecule has 1 atom stereocenters. The van der Waals surface area contributed by atoms with Crippen molar-refractivity contribution in [3.63, 3.8) is 0 Å². The number of hydrogen-bond acceptors (Lipinski definition) is 4. The first-order chi connectivity index (χ1) is 10.7. The molecule has 0 saturated carbocycles. The van der Waals surface area contributed by atoms with E-state index in [-0.39, 0.29) is 5.91 Å². The number of amides is 1. The first-order valence-corrected chi connectivity index (χ1v) is 7.83. The van der Waals surface area contributed by atoms with Crippen molar-refractivity contribution in [2.45, 2.75) is 45.2 Å². The van der Waals surface area contributed by atoms with Gasteiger partial charge in [-0.1, -0.05) is 0 Å². The van der Waals surface area contributed by atoms with E-state index in [1.807, 2.05) is 22.7 Å². The van der Waals surface area contributed by atoms with Crippen LogP contribution in [-0.4, -0.2) is 48.4 Å². The van der Waals surface area contributed by atoms with Crippen LogP contribution in [-0.2, 0) is 11.3 Å². The fourth-order valence-corrected chi connectivity index (χ4v) is 2.93. The number of nitrogens with zero attached hydrogens (tertiary/aromatic N) is 6. The summed E-state index contributed by atoms with van der Waals surface area (Å²) >= 11 is 0. The molecule has 0 N–H and O–H groups in total. The first-order valence-electron chi connectivity index (χ1n) is 7.83. The lowest BCUT2D eigenvalue weighted by Crippen LogP contribution is -2.40. The largest absolute Gasteiger partial charge is 0.341 e. The predicted octanol–water partition coefficient (Wildman–Crippen LogP) is 1.43. The summed E-state index contributed by atoms with van der Waals surface area (Å²) in [7, 11) is 0. The zero-order valence-electron chi connectivity index (χ0n) is 12.9. The predicted molar refractivity (Wildman–Crippen MR) is 81.1 cm³/mol. The molecule has 3 heterocycles. The number of carbonyl (C=O) groups is 1. The Morgan fingerprint density at radius 3 is 3.05 bits per heavy atom. The van der Waals surface area contributed by atoms with Crippen molar-refractivity contribution >= 4 is 5.91 Å². The molecule has 3 rings (SSSR count). The second kappa shape index (κ2) is 6.72. The third-order valence-corrected chi connectivity index (χ3v) is 4.10. The van der Waals surface area contributed by atoms with Gasteiger partial charge in [0.15, 0.2) is 0 Å². The summed E-state index contributed by atoms with van der Waals surface area (Å²) in [5, 5.41) is 8.44. The van der Waals surface area contributed by atoms with Crippen LogP contribution in [0.4, 0.5) is 0 Å². The van der Waals surface area contributed by atoms with Gasteiger partial charge in [-0.25, -0.2) is 4.98 Å². The Balaban J connectivity index is 1.49. The minimum absolute atomic E-state index is 0.230. The second-order valence-corrected chi connectivity index (χ2v) is 5.90. The van der Waals surface area contributed by atoms with E-state index in [0.717, 1.165) is 44.5 Å². The fraction of sp³-hybridized carbons (Fsp3) is 0.600. The molecule has 22 heavy (non-hydrogen) atoms. The van der Waals surface area contributed by atoms with Crippen LogP contribution >= 0.6 is 0 Å². The molecule has 7 nitrogen and oxygen atoms in total. The molecule has 0 aromatic carbocycles. The van der Waals surface area contributed by atoms with Crippen LogP contribution in [0.1, 0.15) is 37.3 Å². The Labute approximate surface area is 129 Å². The van der Waals surface area contributed by atoms with Crippen molar-refractivity contribution in [3.05, 3.63) is 30.6 Å². The molecule has 2 aromatic heterocycles. The highest BCUT2D eigenvalue weighted by Gasteiger charge is 2.24. The molecule has 0 aliphatic carbocycles. The van der Waals surface area contributed by atoms with Crippen molar-refractivity contribution in [3.8, 4) is 0 Å². The van der Waals surface area contributed by atoms with Crippen molar-refractivity contribution in [2.24, 2.45) is 0 Å². The summed E-state index contributed by atoms with van der Waals surface area (Å²) in [6.45, 7) is 4.41. The minimum atomic E-state index is 0.230. The standard InChI is InChI=1S/C15H22N6O/c1-13-8-17-21(9-13)14-4-2-6-19(10-14)15(22)5-3-7-20-12-16-11-18-20/h8-9,11-12,14H,2-7,10H2,1H3/t14-/m0/s1. The number of hydrogen-bond donors (Lipinski definition) is 0. The number of rotatable bonds is 5. The first kappa shape index (κ1) is 14.7. The SMILES string of the molecule is Cc1cnn([C@H]2CCCN(C(=O)CCCn3cncn3)C2)c1. The van der Waals surface area contributed by atoms with Gasteiger partial charge in [-0.2, -0.15) is 10.2 Å². The van der Waals surface area contributed by atoms with E-state index in [1.54, 1.807) is 11.0 Å². The lowest BCUT2D eigenvalue weighted by Gasteiger charge is -2.33. The summed E-state index contributed by atoms with van der Waals surface area (Å²) < 4.78 is 3.77. The monoisotopic (exact) mass is 302 g/mol. The van der Waals surface area contributed by atoms with Gasteiger partial charge in [0.1, 0.15) is 12.7 Å². The van der Waals surface area contributed by atoms with Crippen LogP contribution in [0.3, 0.4) is 0 Å². The summed E-state index contributed by atoms with van der Waals surface area (Å²) in [5.41, 5.74) is 1.16. The Morgan fingerprint density at radius 1 is 1.41 bits per heavy atom. The van der Waals surface area contributed by atoms with Gasteiger partial charge >= 0.3 is 0 Å². The van der Waals surface area contributed by atoms with Gasteiger partial charge in [0.2, 0.25) is 5.91 Å². The van der Waals surface area contributed by atoms with E-state index in [1.165, 1.54) is 6.33 Å². The molecule has 1 aliphatic rings. The minimum Gasteiger partial charge on any atom is -0.341 e. The van der Waals surface area contributed by atoms with Crippen LogP contribution in [0.5, 0.6) is 0 Å². The molecule has 118 valence electrons. The van der Waals surface area contributed by atoms with Gasteiger partial charge in [0, 0.05) is 32.3 Å². The average Bonchev–Trinajstić information content (AvgIpc) is 3.19. The summed E-state index contributed by atoms with van der Waals surface area (Å²) in [6, 6.07) is 0.307. The maximum atomic E-state index is 12.4. The van der Waals surface area contributed by atoms with Crippen molar-refractivity contribution in [1.29, 1.82) is 0 Å². The zero-order chi connectivity index (χ0) is 15.4. The molecule has 7 heteroatoms. The molecule has 1 saturated heterocycles. The Hall–Kier alpha value is -2.18. The normalized spacial score (nSPS) is 18.6. The Morgan fingerprint density at radius 2 is 2.32 bits per heavy atom. The molecule has 1 aliphatic heterocycles. The third kappa shape index (κ3) is 3.52. The smallest absolute Gasteiger partial charge is 0.222 e. The number of piperidine rings is 1. The van der Waals surface area contributed by atoms with E-state index in [2.05, 4.69) is 21.4 Å². The molecule has 0 bridgehead atoms. The molecule has 0 unspecified atom stereocenters. The molecule has 0 radical (unpaired) electrons. The van der Waals surface area contributed by atoms with E-state index < -0.39 is 0 Å². The van der Waals surface area contributed by atoms with E-state index >= 15 is 0 Å². The van der Waals surface area contributed by atoms with Crippen molar-refractivity contribution in [2.75, 3.05) is 13.1 Å². The van der Waals surface area contributed by atoms with Gasteiger partial charge in [0.05, 0.1) is 12.2 Å². The molecule has 0 spiro atoms. The Kier molecular flexibility index (Phi) is 4.50. The van der Waals surface area contributed by atoms with Crippen LogP contribution in [0.15, 0.2) is 25.0 Å². The molecular weight excluding hydrogens is 280 g/mol. The maximum Gasteiger partial charge on any atom is 0.222 e. The number of carbonyl (C=O) groups excluding carboxylic acids is 1. The highest BCUT2D eigenvalue weighted by Crippen LogP contribution is 2.21. The Bertz CT molecular complexity index is 605. The molecular formula is C15H22N6O. The van der Waals surface area contributed by atoms with E-state index in [0.29, 0.717) is 12.5 Å². The van der Waals surface area contributed by atoms with Crippen LogP contribution in [0.25, 0.3) is 0 Å². The summed E-state index contributed by atoms with van der Waals surface area (Å²) in [6.07, 6.45) is 10.6. The average molecular weight is 302 g/mol. The van der Waals surface area contributed by atoms with Gasteiger partial charge in [-0.05, 0) is 31.7 Å². The van der Waals surface area contributed by atoms with Crippen LogP contribution in [0.2, 0.25) is 0 Å². The maximum absolute atomic E-state index is 12.4. The number of aryl methyl sites for hydroxylation is 2. The second-order valence-electron chi connectivity index (χ2n) is 5.90. The highest BCUT2D eigenvalue weighted by molar-refractivity contribution is 5.76. The molecule has 1 amide bonds. The van der Waals surface area contributed by atoms with Gasteiger partial charge in [0.25, 0.3) is 0 Å². The quantitative estimate of drug-likeness (QED) is 0.838. The van der Waals surface area contributed by atoms with Gasteiger partial charge < -0.3 is 4.90 Å². The lowest BCUT2D eigenvalue weighted by atomic mass is 10.1. The third-order valence-electron chi connectivity index (χ3n) is 4.10. The van der Waals surface area contributed by atoms with E-state index in [4.69, 9.17) is 0 Å². The van der Waals surface area contributed by atoms with Crippen molar-refractivity contribution < 1.29 is 4.79 Å².